The molecule has 1 amide bonds. The van der Waals surface area contributed by atoms with Gasteiger partial charge in [0.1, 0.15) is 6.04 Å². The van der Waals surface area contributed by atoms with E-state index in [9.17, 15) is 9.59 Å². The number of aryl methyl sites for hydroxylation is 1. The van der Waals surface area contributed by atoms with Gasteiger partial charge in [-0.25, -0.2) is 4.79 Å². The van der Waals surface area contributed by atoms with Gasteiger partial charge in [-0.05, 0) is 32.4 Å². The number of carbonyl (C=O) groups excluding carboxylic acids is 1. The van der Waals surface area contributed by atoms with Crippen LogP contribution in [0.1, 0.15) is 18.9 Å². The molecule has 1 aromatic rings. The van der Waals surface area contributed by atoms with Gasteiger partial charge in [-0.2, -0.15) is 0 Å². The summed E-state index contributed by atoms with van der Waals surface area (Å²) in [5.74, 6) is -1.31. The molecule has 0 saturated heterocycles. The molecule has 19 heavy (non-hydrogen) atoms. The lowest BCUT2D eigenvalue weighted by atomic mass is 10.1. The third-order valence-electron chi connectivity index (χ3n) is 3.01. The highest BCUT2D eigenvalue weighted by atomic mass is 16.4. The van der Waals surface area contributed by atoms with Gasteiger partial charge in [-0.1, -0.05) is 30.3 Å². The van der Waals surface area contributed by atoms with Gasteiger partial charge in [0.2, 0.25) is 5.91 Å². The second-order valence-corrected chi connectivity index (χ2v) is 4.43. The van der Waals surface area contributed by atoms with Crippen LogP contribution in [0.3, 0.4) is 0 Å². The summed E-state index contributed by atoms with van der Waals surface area (Å²) in [5, 5.41) is 14.4. The van der Waals surface area contributed by atoms with E-state index in [4.69, 9.17) is 5.11 Å². The SMILES string of the molecule is CNC(C)C(=O)NC(CCc1ccccc1)C(=O)O. The maximum atomic E-state index is 11.7. The fourth-order valence-corrected chi connectivity index (χ4v) is 1.64. The van der Waals surface area contributed by atoms with Crippen LogP contribution in [-0.2, 0) is 16.0 Å². The Bertz CT molecular complexity index is 420. The first-order chi connectivity index (χ1) is 9.04. The fraction of sp³-hybridized carbons (Fsp3) is 0.429. The highest BCUT2D eigenvalue weighted by Gasteiger charge is 2.21. The first-order valence-electron chi connectivity index (χ1n) is 6.29. The Labute approximate surface area is 113 Å². The summed E-state index contributed by atoms with van der Waals surface area (Å²) in [4.78, 5) is 22.8. The maximum absolute atomic E-state index is 11.7. The molecule has 0 fully saturated rings. The molecule has 0 heterocycles. The van der Waals surface area contributed by atoms with E-state index in [2.05, 4.69) is 10.6 Å². The van der Waals surface area contributed by atoms with Gasteiger partial charge in [0.25, 0.3) is 0 Å². The summed E-state index contributed by atoms with van der Waals surface area (Å²) in [7, 11) is 1.66. The van der Waals surface area contributed by atoms with Crippen LogP contribution in [0, 0.1) is 0 Å². The second-order valence-electron chi connectivity index (χ2n) is 4.43. The first-order valence-corrected chi connectivity index (χ1v) is 6.29. The first kappa shape index (κ1) is 15.2. The summed E-state index contributed by atoms with van der Waals surface area (Å²) < 4.78 is 0. The van der Waals surface area contributed by atoms with Gasteiger partial charge in [-0.15, -0.1) is 0 Å². The molecule has 104 valence electrons. The third kappa shape index (κ3) is 5.09. The number of hydrogen-bond acceptors (Lipinski definition) is 3. The van der Waals surface area contributed by atoms with Crippen LogP contribution in [0.2, 0.25) is 0 Å². The second kappa shape index (κ2) is 7.53. The normalized spacial score (nSPS) is 13.6. The molecule has 0 aromatic heterocycles. The van der Waals surface area contributed by atoms with Crippen LogP contribution in [0.15, 0.2) is 30.3 Å². The van der Waals surface area contributed by atoms with Crippen molar-refractivity contribution in [3.8, 4) is 0 Å². The molecule has 0 aliphatic heterocycles. The van der Waals surface area contributed by atoms with Crippen molar-refractivity contribution in [2.75, 3.05) is 7.05 Å². The smallest absolute Gasteiger partial charge is 0.326 e. The molecule has 5 nitrogen and oxygen atoms in total. The minimum Gasteiger partial charge on any atom is -0.480 e. The average molecular weight is 264 g/mol. The molecule has 1 rings (SSSR count). The number of hydrogen-bond donors (Lipinski definition) is 3. The van der Waals surface area contributed by atoms with Crippen molar-refractivity contribution in [1.29, 1.82) is 0 Å². The zero-order chi connectivity index (χ0) is 14.3. The topological polar surface area (TPSA) is 78.4 Å². The fourth-order valence-electron chi connectivity index (χ4n) is 1.64. The van der Waals surface area contributed by atoms with Gasteiger partial charge >= 0.3 is 5.97 Å². The Hall–Kier alpha value is -1.88. The lowest BCUT2D eigenvalue weighted by Gasteiger charge is -2.17. The van der Waals surface area contributed by atoms with E-state index in [1.807, 2.05) is 30.3 Å². The predicted octanol–water partition coefficient (Wildman–Crippen LogP) is 0.796. The zero-order valence-electron chi connectivity index (χ0n) is 11.2. The molecule has 0 saturated carbocycles. The molecule has 0 radical (unpaired) electrons. The number of amides is 1. The third-order valence-corrected chi connectivity index (χ3v) is 3.01. The predicted molar refractivity (Wildman–Crippen MR) is 72.9 cm³/mol. The number of carboxylic acids is 1. The van der Waals surface area contributed by atoms with E-state index in [0.29, 0.717) is 12.8 Å². The molecule has 0 spiro atoms. The summed E-state index contributed by atoms with van der Waals surface area (Å²) in [6, 6.07) is 8.35. The maximum Gasteiger partial charge on any atom is 0.326 e. The lowest BCUT2D eigenvalue weighted by Crippen LogP contribution is -2.48. The van der Waals surface area contributed by atoms with Crippen molar-refractivity contribution in [2.45, 2.75) is 31.8 Å². The number of carbonyl (C=O) groups is 2. The lowest BCUT2D eigenvalue weighted by molar-refractivity contribution is -0.142. The van der Waals surface area contributed by atoms with Crippen LogP contribution in [-0.4, -0.2) is 36.1 Å². The molecular formula is C14H20N2O3. The summed E-state index contributed by atoms with van der Waals surface area (Å²) in [6.45, 7) is 1.69. The number of likely N-dealkylation sites (N-methyl/N-ethyl adjacent to an activating group) is 1. The molecule has 0 aliphatic carbocycles. The number of aliphatic carboxylic acids is 1. The minimum atomic E-state index is -1.01. The Balaban J connectivity index is 2.54. The van der Waals surface area contributed by atoms with Crippen molar-refractivity contribution < 1.29 is 14.7 Å². The van der Waals surface area contributed by atoms with Crippen molar-refractivity contribution in [3.05, 3.63) is 35.9 Å². The van der Waals surface area contributed by atoms with Crippen molar-refractivity contribution >= 4 is 11.9 Å². The molecular weight excluding hydrogens is 244 g/mol. The molecule has 0 bridgehead atoms. The zero-order valence-corrected chi connectivity index (χ0v) is 11.2. The summed E-state index contributed by atoms with van der Waals surface area (Å²) in [5.41, 5.74) is 1.06. The van der Waals surface area contributed by atoms with E-state index in [1.165, 1.54) is 0 Å². The van der Waals surface area contributed by atoms with Gasteiger partial charge in [0, 0.05) is 0 Å². The van der Waals surface area contributed by atoms with E-state index < -0.39 is 18.1 Å². The molecule has 2 unspecified atom stereocenters. The highest BCUT2D eigenvalue weighted by molar-refractivity contribution is 5.86. The summed E-state index contributed by atoms with van der Waals surface area (Å²) in [6.07, 6.45) is 0.994. The number of rotatable bonds is 7. The molecule has 5 heteroatoms. The molecule has 2 atom stereocenters. The number of nitrogens with one attached hydrogen (secondary N) is 2. The van der Waals surface area contributed by atoms with Crippen molar-refractivity contribution in [3.63, 3.8) is 0 Å². The quantitative estimate of drug-likeness (QED) is 0.680. The van der Waals surface area contributed by atoms with E-state index in [-0.39, 0.29) is 5.91 Å². The van der Waals surface area contributed by atoms with Crippen LogP contribution < -0.4 is 10.6 Å². The Kier molecular flexibility index (Phi) is 6.02. The Morgan fingerprint density at radius 2 is 1.89 bits per heavy atom. The molecule has 1 aromatic carbocycles. The van der Waals surface area contributed by atoms with E-state index >= 15 is 0 Å². The highest BCUT2D eigenvalue weighted by Crippen LogP contribution is 2.05. The van der Waals surface area contributed by atoms with E-state index in [1.54, 1.807) is 14.0 Å². The molecule has 0 aliphatic rings. The molecule has 3 N–H and O–H groups in total. The van der Waals surface area contributed by atoms with Crippen molar-refractivity contribution in [2.24, 2.45) is 0 Å². The minimum absolute atomic E-state index is 0.303. The largest absolute Gasteiger partial charge is 0.480 e. The van der Waals surface area contributed by atoms with Crippen LogP contribution >= 0.6 is 0 Å². The Morgan fingerprint density at radius 3 is 2.42 bits per heavy atom. The van der Waals surface area contributed by atoms with Crippen LogP contribution in [0.25, 0.3) is 0 Å². The standard InChI is InChI=1S/C14H20N2O3/c1-10(15-2)13(17)16-12(14(18)19)9-8-11-6-4-3-5-7-11/h3-7,10,12,15H,8-9H2,1-2H3,(H,16,17)(H,18,19). The van der Waals surface area contributed by atoms with Gasteiger partial charge < -0.3 is 15.7 Å². The monoisotopic (exact) mass is 264 g/mol. The number of carboxylic acid groups (broad SMARTS) is 1. The van der Waals surface area contributed by atoms with Crippen LogP contribution in [0.5, 0.6) is 0 Å². The average Bonchev–Trinajstić information content (AvgIpc) is 2.42. The van der Waals surface area contributed by atoms with Gasteiger partial charge in [0.15, 0.2) is 0 Å². The summed E-state index contributed by atoms with van der Waals surface area (Å²) >= 11 is 0. The van der Waals surface area contributed by atoms with Gasteiger partial charge in [-0.3, -0.25) is 4.79 Å². The van der Waals surface area contributed by atoms with Crippen molar-refractivity contribution in [1.82, 2.24) is 10.6 Å². The number of benzene rings is 1. The van der Waals surface area contributed by atoms with Gasteiger partial charge in [0.05, 0.1) is 6.04 Å². The van der Waals surface area contributed by atoms with E-state index in [0.717, 1.165) is 5.56 Å². The van der Waals surface area contributed by atoms with Crippen LogP contribution in [0.4, 0.5) is 0 Å². The Morgan fingerprint density at radius 1 is 1.26 bits per heavy atom.